The van der Waals surface area contributed by atoms with Crippen molar-refractivity contribution in [1.82, 2.24) is 0 Å². The van der Waals surface area contributed by atoms with Crippen LogP contribution >= 0.6 is 6.89 Å². The van der Waals surface area contributed by atoms with Crippen LogP contribution in [0.4, 0.5) is 0 Å². The average Bonchev–Trinajstić information content (AvgIpc) is 3.50. The molecule has 32 heavy (non-hydrogen) atoms. The third-order valence-electron chi connectivity index (χ3n) is 8.41. The minimum Gasteiger partial charge on any atom is -0.115 e. The van der Waals surface area contributed by atoms with Crippen molar-refractivity contribution in [2.24, 2.45) is 23.7 Å². The highest BCUT2D eigenvalue weighted by molar-refractivity contribution is 7.73. The summed E-state index contributed by atoms with van der Waals surface area (Å²) in [6, 6.07) is 0. The molecular weight excluding hydrogens is 403 g/mol. The number of hydrogen-bond donors (Lipinski definition) is 0. The Kier molecular flexibility index (Phi) is 10.4. The summed E-state index contributed by atoms with van der Waals surface area (Å²) in [5.41, 5.74) is 6.73. The van der Waals surface area contributed by atoms with Crippen molar-refractivity contribution in [2.45, 2.75) is 92.1 Å². The number of terminal acetylenes is 1. The molecule has 6 atom stereocenters. The lowest BCUT2D eigenvalue weighted by Crippen LogP contribution is -2.31. The second kappa shape index (κ2) is 12.3. The quantitative estimate of drug-likeness (QED) is 0.176. The first-order valence-corrected chi connectivity index (χ1v) is 15.8. The maximum atomic E-state index is 5.92. The summed E-state index contributed by atoms with van der Waals surface area (Å²) in [7, 11) is 0. The van der Waals surface area contributed by atoms with Gasteiger partial charge in [0.1, 0.15) is 0 Å². The molecule has 6 unspecified atom stereocenters. The number of rotatable bonds is 10. The van der Waals surface area contributed by atoms with E-state index in [2.05, 4.69) is 78.4 Å². The van der Waals surface area contributed by atoms with E-state index in [1.807, 2.05) is 0 Å². The van der Waals surface area contributed by atoms with Crippen LogP contribution in [0.15, 0.2) is 46.6 Å². The smallest absolute Gasteiger partial charge is 0.00837 e. The van der Waals surface area contributed by atoms with Gasteiger partial charge in [-0.3, -0.25) is 0 Å². The predicted octanol–water partition coefficient (Wildman–Crippen LogP) is 9.12. The van der Waals surface area contributed by atoms with Crippen molar-refractivity contribution in [3.05, 3.63) is 46.6 Å². The van der Waals surface area contributed by atoms with Crippen LogP contribution in [-0.2, 0) is 0 Å². The fourth-order valence-corrected chi connectivity index (χ4v) is 8.41. The lowest BCUT2D eigenvalue weighted by atomic mass is 9.70. The molecule has 0 aromatic carbocycles. The van der Waals surface area contributed by atoms with Gasteiger partial charge in [0.2, 0.25) is 0 Å². The van der Waals surface area contributed by atoms with Crippen LogP contribution in [-0.4, -0.2) is 24.8 Å². The Bertz CT molecular complexity index is 834. The lowest BCUT2D eigenvalue weighted by Gasteiger charge is -2.42. The minimum atomic E-state index is -1.20. The molecule has 0 saturated heterocycles. The number of hydrogen-bond acceptors (Lipinski definition) is 0. The van der Waals surface area contributed by atoms with Gasteiger partial charge in [0.05, 0.1) is 0 Å². The zero-order valence-electron chi connectivity index (χ0n) is 22.1. The summed E-state index contributed by atoms with van der Waals surface area (Å²) in [5, 5.41) is 0. The second-order valence-corrected chi connectivity index (χ2v) is 14.9. The summed E-state index contributed by atoms with van der Waals surface area (Å²) < 4.78 is 0. The van der Waals surface area contributed by atoms with Gasteiger partial charge in [0, 0.05) is 0 Å². The van der Waals surface area contributed by atoms with Gasteiger partial charge in [0.15, 0.2) is 0 Å². The van der Waals surface area contributed by atoms with Crippen LogP contribution in [0.1, 0.15) is 86.5 Å². The Morgan fingerprint density at radius 3 is 2.31 bits per heavy atom. The zero-order valence-corrected chi connectivity index (χ0v) is 23.0. The Morgan fingerprint density at radius 1 is 1.16 bits per heavy atom. The molecular formula is C31H49P. The third-order valence-corrected chi connectivity index (χ3v) is 12.2. The molecule has 178 valence electrons. The average molecular weight is 453 g/mol. The maximum absolute atomic E-state index is 5.92. The second-order valence-electron chi connectivity index (χ2n) is 10.6. The molecule has 0 spiro atoms. The first kappa shape index (κ1) is 27.1. The van der Waals surface area contributed by atoms with Gasteiger partial charge in [-0.25, -0.2) is 0 Å². The molecule has 0 nitrogen and oxygen atoms in total. The molecule has 0 aromatic rings. The van der Waals surface area contributed by atoms with Gasteiger partial charge in [-0.1, -0.05) is 69.9 Å². The summed E-state index contributed by atoms with van der Waals surface area (Å²) in [4.78, 5) is 0. The van der Waals surface area contributed by atoms with E-state index >= 15 is 0 Å². The molecule has 0 bridgehead atoms. The van der Waals surface area contributed by atoms with E-state index in [4.69, 9.17) is 12.7 Å². The lowest BCUT2D eigenvalue weighted by molar-refractivity contribution is 0.363. The zero-order chi connectivity index (χ0) is 23.9. The van der Waals surface area contributed by atoms with Crippen LogP contribution < -0.4 is 0 Å². The molecule has 2 rings (SSSR count). The molecule has 0 aromatic heterocycles. The van der Waals surface area contributed by atoms with Crippen LogP contribution in [0.2, 0.25) is 0 Å². The van der Waals surface area contributed by atoms with Crippen LogP contribution in [0.5, 0.6) is 0 Å². The van der Waals surface area contributed by atoms with E-state index in [0.29, 0.717) is 17.5 Å². The molecule has 2 aliphatic rings. The molecule has 0 aliphatic heterocycles. The predicted molar refractivity (Wildman–Crippen MR) is 150 cm³/mol. The van der Waals surface area contributed by atoms with E-state index < -0.39 is 6.89 Å². The number of allylic oxidation sites excluding steroid dienone is 8. The highest BCUT2D eigenvalue weighted by Crippen LogP contribution is 2.59. The maximum Gasteiger partial charge on any atom is -0.00837 e. The molecule has 0 N–H and O–H groups in total. The molecule has 2 saturated carbocycles. The van der Waals surface area contributed by atoms with E-state index in [-0.39, 0.29) is 0 Å². The Morgan fingerprint density at radius 2 is 1.81 bits per heavy atom. The minimum absolute atomic E-state index is 0.583. The fraction of sp³-hybridized carbons (Fsp3) is 0.645. The van der Waals surface area contributed by atoms with E-state index in [9.17, 15) is 0 Å². The molecule has 0 heterocycles. The van der Waals surface area contributed by atoms with Gasteiger partial charge in [-0.2, -0.15) is 0 Å². The van der Waals surface area contributed by atoms with Gasteiger partial charge in [-0.05, 0) is 111 Å². The van der Waals surface area contributed by atoms with Gasteiger partial charge < -0.3 is 0 Å². The topological polar surface area (TPSA) is 0 Å². The largest absolute Gasteiger partial charge is 0.115 e. The standard InChI is InChI=1S/C31H49P/c1-10-15-26-27(19-17-23(6)16-18-25(11-2)12-3)28(30-22-24(30)7)20-21-29(26)31(13-4)32(8,9)14-5/h1,15-16,18-19,24,28-31H,8,11-14,17,20-22H2,2-7,9H3/b23-16+,26-15?,27-19+. The van der Waals surface area contributed by atoms with Crippen LogP contribution in [0.3, 0.4) is 0 Å². The van der Waals surface area contributed by atoms with Gasteiger partial charge >= 0.3 is 0 Å². The van der Waals surface area contributed by atoms with Crippen molar-refractivity contribution in [1.29, 1.82) is 0 Å². The Hall–Kier alpha value is -1.18. The summed E-state index contributed by atoms with van der Waals surface area (Å²) >= 11 is 0. The first-order chi connectivity index (χ1) is 15.2. The monoisotopic (exact) mass is 452 g/mol. The van der Waals surface area contributed by atoms with Crippen LogP contribution in [0, 0.1) is 36.0 Å². The van der Waals surface area contributed by atoms with Gasteiger partial charge in [-0.15, -0.1) is 19.6 Å². The highest BCUT2D eigenvalue weighted by Gasteiger charge is 2.45. The van der Waals surface area contributed by atoms with E-state index in [1.54, 1.807) is 5.57 Å². The van der Waals surface area contributed by atoms with Crippen molar-refractivity contribution in [3.63, 3.8) is 0 Å². The Labute approximate surface area is 200 Å². The van der Waals surface area contributed by atoms with E-state index in [1.165, 1.54) is 48.6 Å². The fourth-order valence-electron chi connectivity index (χ4n) is 5.88. The third kappa shape index (κ3) is 6.67. The highest BCUT2D eigenvalue weighted by atomic mass is 31.2. The first-order valence-electron chi connectivity index (χ1n) is 13.1. The molecule has 2 fully saturated rings. The Balaban J connectivity index is 2.43. The van der Waals surface area contributed by atoms with Crippen molar-refractivity contribution >= 4 is 13.2 Å². The molecule has 2 aliphatic carbocycles. The summed E-state index contributed by atoms with van der Waals surface area (Å²) in [6.07, 6.45) is 29.8. The summed E-state index contributed by atoms with van der Waals surface area (Å²) in [5.74, 6) is 5.94. The molecule has 1 heteroatoms. The van der Waals surface area contributed by atoms with Gasteiger partial charge in [0.25, 0.3) is 0 Å². The van der Waals surface area contributed by atoms with E-state index in [0.717, 1.165) is 31.1 Å². The molecule has 0 radical (unpaired) electrons. The SMILES string of the molecule is C#CC=C1/C(=C\C/C(C)=C/C=C(CC)CC)C(C2CC2C)CCC1C(CC)P(=C)(C)CC. The van der Waals surface area contributed by atoms with Crippen molar-refractivity contribution < 1.29 is 0 Å². The van der Waals surface area contributed by atoms with Crippen molar-refractivity contribution in [3.8, 4) is 12.3 Å². The van der Waals surface area contributed by atoms with Crippen molar-refractivity contribution in [2.75, 3.05) is 12.8 Å². The molecule has 0 amide bonds. The normalized spacial score (nSPS) is 31.1. The summed E-state index contributed by atoms with van der Waals surface area (Å²) in [6.45, 7) is 15.2. The van der Waals surface area contributed by atoms with Crippen LogP contribution in [0.25, 0.3) is 0 Å².